The molecule has 2 unspecified atom stereocenters. The fraction of sp³-hybridized carbons (Fsp3) is 0.650. The molecular formula is C20H34ClN3O. The normalized spacial score (nSPS) is 19.5. The summed E-state index contributed by atoms with van der Waals surface area (Å²) in [6, 6.07) is 10.7. The first-order valence-electron chi connectivity index (χ1n) is 9.30. The number of amides is 1. The van der Waals surface area contributed by atoms with Gasteiger partial charge in [-0.05, 0) is 50.8 Å². The van der Waals surface area contributed by atoms with Crippen LogP contribution in [0.15, 0.2) is 30.3 Å². The van der Waals surface area contributed by atoms with E-state index in [-0.39, 0.29) is 24.4 Å². The quantitative estimate of drug-likeness (QED) is 0.775. The third-order valence-corrected chi connectivity index (χ3v) is 5.19. The van der Waals surface area contributed by atoms with Gasteiger partial charge in [-0.1, -0.05) is 50.6 Å². The predicted molar refractivity (Wildman–Crippen MR) is 107 cm³/mol. The SMILES string of the molecule is CCCC(C)(N)C(=O)NCC(c1ccccc1)N1CCC(C)CC1.Cl. The molecule has 1 saturated heterocycles. The van der Waals surface area contributed by atoms with Gasteiger partial charge < -0.3 is 11.1 Å². The average Bonchev–Trinajstić information content (AvgIpc) is 2.57. The van der Waals surface area contributed by atoms with Crippen LogP contribution in [0.3, 0.4) is 0 Å². The first kappa shape index (κ1) is 21.9. The van der Waals surface area contributed by atoms with E-state index < -0.39 is 5.54 Å². The molecule has 25 heavy (non-hydrogen) atoms. The summed E-state index contributed by atoms with van der Waals surface area (Å²) in [5.41, 5.74) is 6.65. The molecule has 0 bridgehead atoms. The lowest BCUT2D eigenvalue weighted by atomic mass is 9.94. The molecular weight excluding hydrogens is 334 g/mol. The number of nitrogens with zero attached hydrogens (tertiary/aromatic N) is 1. The van der Waals surface area contributed by atoms with Crippen LogP contribution in [0.1, 0.15) is 58.1 Å². The van der Waals surface area contributed by atoms with Gasteiger partial charge in [0.15, 0.2) is 0 Å². The van der Waals surface area contributed by atoms with E-state index in [1.165, 1.54) is 18.4 Å². The first-order chi connectivity index (χ1) is 11.4. The van der Waals surface area contributed by atoms with Gasteiger partial charge in [0.1, 0.15) is 0 Å². The van der Waals surface area contributed by atoms with Gasteiger partial charge in [-0.25, -0.2) is 0 Å². The van der Waals surface area contributed by atoms with Crippen molar-refractivity contribution in [2.45, 2.75) is 58.0 Å². The Kier molecular flexibility index (Phi) is 8.91. The maximum atomic E-state index is 12.5. The molecule has 1 aliphatic heterocycles. The van der Waals surface area contributed by atoms with Crippen molar-refractivity contribution in [2.24, 2.45) is 11.7 Å². The minimum absolute atomic E-state index is 0. The van der Waals surface area contributed by atoms with Crippen molar-refractivity contribution in [1.82, 2.24) is 10.2 Å². The predicted octanol–water partition coefficient (Wildman–Crippen LogP) is 3.52. The Balaban J connectivity index is 0.00000312. The monoisotopic (exact) mass is 367 g/mol. The van der Waals surface area contributed by atoms with Gasteiger partial charge in [-0.3, -0.25) is 9.69 Å². The zero-order valence-corrected chi connectivity index (χ0v) is 16.6. The molecule has 0 saturated carbocycles. The van der Waals surface area contributed by atoms with Crippen LogP contribution in [0.25, 0.3) is 0 Å². The zero-order valence-electron chi connectivity index (χ0n) is 15.8. The number of benzene rings is 1. The molecule has 2 atom stereocenters. The topological polar surface area (TPSA) is 58.4 Å². The minimum atomic E-state index is -0.785. The van der Waals surface area contributed by atoms with Crippen molar-refractivity contribution in [3.8, 4) is 0 Å². The highest BCUT2D eigenvalue weighted by Crippen LogP contribution is 2.26. The number of hydrogen-bond donors (Lipinski definition) is 2. The van der Waals surface area contributed by atoms with Gasteiger partial charge in [0.05, 0.1) is 11.6 Å². The third kappa shape index (κ3) is 6.28. The molecule has 1 fully saturated rings. The fourth-order valence-electron chi connectivity index (χ4n) is 3.50. The van der Waals surface area contributed by atoms with Crippen molar-refractivity contribution in [1.29, 1.82) is 0 Å². The van der Waals surface area contributed by atoms with Gasteiger partial charge in [0.2, 0.25) is 5.91 Å². The fourth-order valence-corrected chi connectivity index (χ4v) is 3.50. The molecule has 3 N–H and O–H groups in total. The molecule has 0 radical (unpaired) electrons. The summed E-state index contributed by atoms with van der Waals surface area (Å²) in [6.45, 7) is 9.00. The number of carbonyl (C=O) groups excluding carboxylic acids is 1. The van der Waals surface area contributed by atoms with Crippen LogP contribution in [-0.2, 0) is 4.79 Å². The van der Waals surface area contributed by atoms with Crippen LogP contribution >= 0.6 is 12.4 Å². The Morgan fingerprint density at radius 3 is 2.48 bits per heavy atom. The van der Waals surface area contributed by atoms with E-state index in [9.17, 15) is 4.79 Å². The summed E-state index contributed by atoms with van der Waals surface area (Å²) in [7, 11) is 0. The minimum Gasteiger partial charge on any atom is -0.353 e. The van der Waals surface area contributed by atoms with E-state index in [1.54, 1.807) is 0 Å². The van der Waals surface area contributed by atoms with Gasteiger partial charge in [0.25, 0.3) is 0 Å². The lowest BCUT2D eigenvalue weighted by molar-refractivity contribution is -0.126. The van der Waals surface area contributed by atoms with Crippen LogP contribution in [0.5, 0.6) is 0 Å². The average molecular weight is 368 g/mol. The number of piperidine rings is 1. The van der Waals surface area contributed by atoms with E-state index in [2.05, 4.69) is 48.3 Å². The smallest absolute Gasteiger partial charge is 0.239 e. The second-order valence-electron chi connectivity index (χ2n) is 7.52. The highest BCUT2D eigenvalue weighted by Gasteiger charge is 2.29. The Labute approximate surface area is 158 Å². The summed E-state index contributed by atoms with van der Waals surface area (Å²) in [4.78, 5) is 15.0. The molecule has 1 aromatic rings. The molecule has 1 amide bonds. The molecule has 1 heterocycles. The Hall–Kier alpha value is -1.10. The van der Waals surface area contributed by atoms with E-state index >= 15 is 0 Å². The number of rotatable bonds is 7. The van der Waals surface area contributed by atoms with Gasteiger partial charge >= 0.3 is 0 Å². The standard InChI is InChI=1S/C20H33N3O.ClH/c1-4-12-20(3,21)19(24)22-15-18(17-8-6-5-7-9-17)23-13-10-16(2)11-14-23;/h5-9,16,18H,4,10-15,21H2,1-3H3,(H,22,24);1H. The van der Waals surface area contributed by atoms with E-state index in [0.717, 1.165) is 25.4 Å². The zero-order chi connectivity index (χ0) is 17.6. The lowest BCUT2D eigenvalue weighted by Gasteiger charge is -2.37. The van der Waals surface area contributed by atoms with Crippen LogP contribution in [0.2, 0.25) is 0 Å². The van der Waals surface area contributed by atoms with Crippen LogP contribution in [-0.4, -0.2) is 36.0 Å². The van der Waals surface area contributed by atoms with Crippen molar-refractivity contribution in [3.05, 3.63) is 35.9 Å². The van der Waals surface area contributed by atoms with Crippen LogP contribution < -0.4 is 11.1 Å². The highest BCUT2D eigenvalue weighted by molar-refractivity contribution is 5.85. The van der Waals surface area contributed by atoms with Crippen molar-refractivity contribution in [3.63, 3.8) is 0 Å². The van der Waals surface area contributed by atoms with Gasteiger partial charge in [0, 0.05) is 6.54 Å². The summed E-state index contributed by atoms with van der Waals surface area (Å²) >= 11 is 0. The van der Waals surface area contributed by atoms with Crippen LogP contribution in [0, 0.1) is 5.92 Å². The summed E-state index contributed by atoms with van der Waals surface area (Å²) in [5, 5.41) is 3.11. The largest absolute Gasteiger partial charge is 0.353 e. The van der Waals surface area contributed by atoms with Crippen molar-refractivity contribution in [2.75, 3.05) is 19.6 Å². The first-order valence-corrected chi connectivity index (χ1v) is 9.30. The number of halogens is 1. The molecule has 2 rings (SSSR count). The van der Waals surface area contributed by atoms with E-state index in [4.69, 9.17) is 5.73 Å². The molecule has 142 valence electrons. The Bertz CT molecular complexity index is 513. The van der Waals surface area contributed by atoms with Gasteiger partial charge in [-0.15, -0.1) is 12.4 Å². The van der Waals surface area contributed by atoms with E-state index in [1.807, 2.05) is 13.0 Å². The maximum absolute atomic E-state index is 12.5. The molecule has 5 heteroatoms. The maximum Gasteiger partial charge on any atom is 0.239 e. The summed E-state index contributed by atoms with van der Waals surface area (Å²) in [5.74, 6) is 0.750. The molecule has 1 aliphatic rings. The molecule has 4 nitrogen and oxygen atoms in total. The van der Waals surface area contributed by atoms with Crippen LogP contribution in [0.4, 0.5) is 0 Å². The van der Waals surface area contributed by atoms with Gasteiger partial charge in [-0.2, -0.15) is 0 Å². The lowest BCUT2D eigenvalue weighted by Crippen LogP contribution is -2.53. The second-order valence-corrected chi connectivity index (χ2v) is 7.52. The Morgan fingerprint density at radius 2 is 1.92 bits per heavy atom. The van der Waals surface area contributed by atoms with E-state index in [0.29, 0.717) is 13.0 Å². The highest BCUT2D eigenvalue weighted by atomic mass is 35.5. The van der Waals surface area contributed by atoms with Crippen molar-refractivity contribution < 1.29 is 4.79 Å². The summed E-state index contributed by atoms with van der Waals surface area (Å²) < 4.78 is 0. The number of hydrogen-bond acceptors (Lipinski definition) is 3. The number of nitrogens with two attached hydrogens (primary N) is 1. The number of likely N-dealkylation sites (tertiary alicyclic amines) is 1. The Morgan fingerprint density at radius 1 is 1.32 bits per heavy atom. The summed E-state index contributed by atoms with van der Waals surface area (Å²) in [6.07, 6.45) is 4.06. The molecule has 1 aromatic carbocycles. The van der Waals surface area contributed by atoms with Crippen molar-refractivity contribution >= 4 is 18.3 Å². The molecule has 0 spiro atoms. The molecule has 0 aromatic heterocycles. The third-order valence-electron chi connectivity index (χ3n) is 5.19. The molecule has 0 aliphatic carbocycles. The number of carbonyl (C=O) groups is 1. The second kappa shape index (κ2) is 10.1. The number of nitrogens with one attached hydrogen (secondary N) is 1.